The van der Waals surface area contributed by atoms with Gasteiger partial charge in [0.1, 0.15) is 5.75 Å². The van der Waals surface area contributed by atoms with Gasteiger partial charge in [0.2, 0.25) is 0 Å². The molecule has 0 aliphatic rings. The number of aryl methyl sites for hydroxylation is 2. The van der Waals surface area contributed by atoms with Gasteiger partial charge in [0.15, 0.2) is 0 Å². The molecular formula is C21H21NO2. The van der Waals surface area contributed by atoms with E-state index >= 15 is 0 Å². The number of carbonyl (C=O) groups excluding carboxylic acids is 1. The van der Waals surface area contributed by atoms with Crippen LogP contribution in [0.1, 0.15) is 27.0 Å². The molecule has 0 aliphatic heterocycles. The zero-order valence-electron chi connectivity index (χ0n) is 14.2. The van der Waals surface area contributed by atoms with Gasteiger partial charge in [0.05, 0.1) is 7.11 Å². The first-order valence-electron chi connectivity index (χ1n) is 8.00. The highest BCUT2D eigenvalue weighted by molar-refractivity contribution is 5.96. The second-order valence-electron chi connectivity index (χ2n) is 5.97. The van der Waals surface area contributed by atoms with Crippen LogP contribution < -0.4 is 10.1 Å². The van der Waals surface area contributed by atoms with Gasteiger partial charge in [0.25, 0.3) is 5.91 Å². The van der Waals surface area contributed by atoms with E-state index in [1.165, 1.54) is 0 Å². The zero-order chi connectivity index (χ0) is 17.1. The smallest absolute Gasteiger partial charge is 0.251 e. The van der Waals surface area contributed by atoms with Crippen LogP contribution in [-0.4, -0.2) is 13.0 Å². The maximum absolute atomic E-state index is 12.5. The van der Waals surface area contributed by atoms with Gasteiger partial charge in [-0.1, -0.05) is 48.0 Å². The van der Waals surface area contributed by atoms with Crippen molar-refractivity contribution in [3.05, 3.63) is 76.9 Å². The van der Waals surface area contributed by atoms with E-state index in [-0.39, 0.29) is 5.91 Å². The minimum absolute atomic E-state index is 0.0671. The van der Waals surface area contributed by atoms with Crippen molar-refractivity contribution in [1.29, 1.82) is 0 Å². The van der Waals surface area contributed by atoms with Gasteiger partial charge < -0.3 is 10.1 Å². The first-order valence-corrected chi connectivity index (χ1v) is 8.00. The Labute approximate surface area is 142 Å². The number of methoxy groups -OCH3 is 1. The lowest BCUT2D eigenvalue weighted by Crippen LogP contribution is -2.24. The van der Waals surface area contributed by atoms with Crippen molar-refractivity contribution in [3.8, 4) is 5.75 Å². The highest BCUT2D eigenvalue weighted by Gasteiger charge is 2.12. The summed E-state index contributed by atoms with van der Waals surface area (Å²) >= 11 is 0. The molecule has 24 heavy (non-hydrogen) atoms. The highest BCUT2D eigenvalue weighted by Crippen LogP contribution is 2.27. The van der Waals surface area contributed by atoms with Gasteiger partial charge in [-0.3, -0.25) is 4.79 Å². The molecule has 0 atom stereocenters. The monoisotopic (exact) mass is 319 g/mol. The molecule has 1 amide bonds. The number of benzene rings is 3. The summed E-state index contributed by atoms with van der Waals surface area (Å²) in [7, 11) is 1.65. The minimum Gasteiger partial charge on any atom is -0.496 e. The first kappa shape index (κ1) is 16.1. The number of ether oxygens (including phenoxy) is 1. The van der Waals surface area contributed by atoms with Gasteiger partial charge in [-0.25, -0.2) is 0 Å². The minimum atomic E-state index is -0.0671. The summed E-state index contributed by atoms with van der Waals surface area (Å²) < 4.78 is 5.48. The molecule has 3 heteroatoms. The normalized spacial score (nSPS) is 10.6. The van der Waals surface area contributed by atoms with Crippen LogP contribution in [0.5, 0.6) is 5.75 Å². The molecule has 0 unspecified atom stereocenters. The van der Waals surface area contributed by atoms with Crippen LogP contribution in [0.4, 0.5) is 0 Å². The molecule has 0 radical (unpaired) electrons. The molecule has 0 heterocycles. The van der Waals surface area contributed by atoms with Crippen LogP contribution in [0.25, 0.3) is 10.8 Å². The van der Waals surface area contributed by atoms with E-state index in [9.17, 15) is 4.79 Å². The lowest BCUT2D eigenvalue weighted by atomic mass is 10.0. The third kappa shape index (κ3) is 3.11. The molecule has 0 aromatic heterocycles. The Bertz CT molecular complexity index is 899. The molecule has 122 valence electrons. The Balaban J connectivity index is 1.88. The fraction of sp³-hybridized carbons (Fsp3) is 0.190. The van der Waals surface area contributed by atoms with Crippen LogP contribution in [0.15, 0.2) is 54.6 Å². The number of rotatable bonds is 4. The first-order chi connectivity index (χ1) is 11.6. The SMILES string of the molecule is COc1ccc2ccccc2c1CNC(=O)c1ccc(C)cc1C. The summed E-state index contributed by atoms with van der Waals surface area (Å²) in [6.07, 6.45) is 0. The molecule has 3 aromatic rings. The van der Waals surface area contributed by atoms with Gasteiger partial charge in [-0.15, -0.1) is 0 Å². The Morgan fingerprint density at radius 3 is 2.58 bits per heavy atom. The molecule has 1 N–H and O–H groups in total. The van der Waals surface area contributed by atoms with E-state index in [1.54, 1.807) is 7.11 Å². The van der Waals surface area contributed by atoms with Crippen molar-refractivity contribution in [3.63, 3.8) is 0 Å². The average molecular weight is 319 g/mol. The number of amides is 1. The maximum atomic E-state index is 12.5. The Morgan fingerprint density at radius 1 is 1.04 bits per heavy atom. The van der Waals surface area contributed by atoms with Gasteiger partial charge in [0, 0.05) is 17.7 Å². The molecule has 3 aromatic carbocycles. The predicted molar refractivity (Wildman–Crippen MR) is 97.6 cm³/mol. The van der Waals surface area contributed by atoms with Gasteiger partial charge in [-0.05, 0) is 42.3 Å². The second kappa shape index (κ2) is 6.75. The van der Waals surface area contributed by atoms with Gasteiger partial charge in [-0.2, -0.15) is 0 Å². The van der Waals surface area contributed by atoms with E-state index in [4.69, 9.17) is 4.74 Å². The molecule has 0 bridgehead atoms. The molecular weight excluding hydrogens is 298 g/mol. The maximum Gasteiger partial charge on any atom is 0.251 e. The fourth-order valence-electron chi connectivity index (χ4n) is 3.02. The molecule has 0 saturated carbocycles. The van der Waals surface area contributed by atoms with E-state index < -0.39 is 0 Å². The number of hydrogen-bond acceptors (Lipinski definition) is 2. The number of nitrogens with one attached hydrogen (secondary N) is 1. The van der Waals surface area contributed by atoms with Crippen LogP contribution in [0, 0.1) is 13.8 Å². The van der Waals surface area contributed by atoms with Crippen LogP contribution in [0.3, 0.4) is 0 Å². The molecule has 0 fully saturated rings. The molecule has 0 aliphatic carbocycles. The Kier molecular flexibility index (Phi) is 4.52. The number of hydrogen-bond donors (Lipinski definition) is 1. The summed E-state index contributed by atoms with van der Waals surface area (Å²) in [6, 6.07) is 17.9. The van der Waals surface area contributed by atoms with Crippen molar-refractivity contribution in [2.45, 2.75) is 20.4 Å². The Hall–Kier alpha value is -2.81. The molecule has 0 spiro atoms. The van der Waals surface area contributed by atoms with E-state index in [0.29, 0.717) is 12.1 Å². The third-order valence-electron chi connectivity index (χ3n) is 4.27. The quantitative estimate of drug-likeness (QED) is 0.774. The number of carbonyl (C=O) groups is 1. The van der Waals surface area contributed by atoms with E-state index in [2.05, 4.69) is 17.4 Å². The second-order valence-corrected chi connectivity index (χ2v) is 5.97. The zero-order valence-corrected chi connectivity index (χ0v) is 14.2. The summed E-state index contributed by atoms with van der Waals surface area (Å²) in [5.41, 5.74) is 3.84. The van der Waals surface area contributed by atoms with Crippen molar-refractivity contribution >= 4 is 16.7 Å². The Morgan fingerprint density at radius 2 is 1.83 bits per heavy atom. The summed E-state index contributed by atoms with van der Waals surface area (Å²) in [5.74, 6) is 0.720. The largest absolute Gasteiger partial charge is 0.496 e. The van der Waals surface area contributed by atoms with Crippen molar-refractivity contribution in [1.82, 2.24) is 5.32 Å². The standard InChI is InChI=1S/C21H21NO2/c1-14-8-10-17(15(2)12-14)21(23)22-13-19-18-7-5-4-6-16(18)9-11-20(19)24-3/h4-12H,13H2,1-3H3,(H,22,23). The van der Waals surface area contributed by atoms with E-state index in [1.807, 2.05) is 56.3 Å². The summed E-state index contributed by atoms with van der Waals surface area (Å²) in [6.45, 7) is 4.41. The van der Waals surface area contributed by atoms with Crippen molar-refractivity contribution in [2.75, 3.05) is 7.11 Å². The third-order valence-corrected chi connectivity index (χ3v) is 4.27. The van der Waals surface area contributed by atoms with Crippen molar-refractivity contribution < 1.29 is 9.53 Å². The van der Waals surface area contributed by atoms with Crippen molar-refractivity contribution in [2.24, 2.45) is 0 Å². The lowest BCUT2D eigenvalue weighted by Gasteiger charge is -2.14. The predicted octanol–water partition coefficient (Wildman–Crippen LogP) is 4.40. The number of fused-ring (bicyclic) bond motifs is 1. The topological polar surface area (TPSA) is 38.3 Å². The molecule has 3 rings (SSSR count). The molecule has 3 nitrogen and oxygen atoms in total. The summed E-state index contributed by atoms with van der Waals surface area (Å²) in [5, 5.41) is 5.25. The van der Waals surface area contributed by atoms with Gasteiger partial charge >= 0.3 is 0 Å². The highest BCUT2D eigenvalue weighted by atomic mass is 16.5. The summed E-state index contributed by atoms with van der Waals surface area (Å²) in [4.78, 5) is 12.5. The molecule has 0 saturated heterocycles. The van der Waals surface area contributed by atoms with Crippen LogP contribution in [0.2, 0.25) is 0 Å². The van der Waals surface area contributed by atoms with E-state index in [0.717, 1.165) is 33.2 Å². The average Bonchev–Trinajstić information content (AvgIpc) is 2.59. The fourth-order valence-corrected chi connectivity index (χ4v) is 3.02. The van der Waals surface area contributed by atoms with Crippen LogP contribution in [-0.2, 0) is 6.54 Å². The lowest BCUT2D eigenvalue weighted by molar-refractivity contribution is 0.0950. The van der Waals surface area contributed by atoms with Crippen LogP contribution >= 0.6 is 0 Å².